The summed E-state index contributed by atoms with van der Waals surface area (Å²) in [5, 5.41) is 13.1. The molecule has 22 heavy (non-hydrogen) atoms. The molecule has 0 radical (unpaired) electrons. The Morgan fingerprint density at radius 1 is 1.41 bits per heavy atom. The molecule has 1 aliphatic heterocycles. The van der Waals surface area contributed by atoms with E-state index in [-0.39, 0.29) is 17.9 Å². The number of benzene rings is 1. The molecule has 0 aromatic heterocycles. The molecule has 0 aliphatic carbocycles. The number of halogens is 1. The minimum absolute atomic E-state index is 0.0520. The first kappa shape index (κ1) is 17.3. The molecule has 1 atom stereocenters. The van der Waals surface area contributed by atoms with Crippen LogP contribution in [0.3, 0.4) is 0 Å². The number of piperidine rings is 1. The van der Waals surface area contributed by atoms with E-state index < -0.39 is 0 Å². The van der Waals surface area contributed by atoms with E-state index in [1.54, 1.807) is 0 Å². The molecule has 1 aliphatic rings. The second kappa shape index (κ2) is 7.95. The maximum Gasteiger partial charge on any atom is 0.234 e. The maximum atomic E-state index is 12.0. The summed E-state index contributed by atoms with van der Waals surface area (Å²) in [6, 6.07) is 7.68. The molecule has 1 aromatic rings. The van der Waals surface area contributed by atoms with Gasteiger partial charge in [-0.25, -0.2) is 0 Å². The quantitative estimate of drug-likeness (QED) is 0.842. The molecular weight excluding hydrogens is 300 g/mol. The van der Waals surface area contributed by atoms with Gasteiger partial charge < -0.3 is 10.4 Å². The number of nitrogens with zero attached hydrogens (tertiary/aromatic N) is 1. The van der Waals surface area contributed by atoms with Crippen LogP contribution in [0.1, 0.15) is 25.3 Å². The van der Waals surface area contributed by atoms with E-state index in [2.05, 4.69) is 17.1 Å². The molecule has 122 valence electrons. The number of aliphatic hydroxyl groups excluding tert-OH is 1. The van der Waals surface area contributed by atoms with Crippen LogP contribution in [0.5, 0.6) is 0 Å². The van der Waals surface area contributed by atoms with Crippen LogP contribution >= 0.6 is 11.6 Å². The van der Waals surface area contributed by atoms with Crippen molar-refractivity contribution >= 4 is 17.5 Å². The third-order valence-corrected chi connectivity index (χ3v) is 4.51. The van der Waals surface area contributed by atoms with Gasteiger partial charge in [0.15, 0.2) is 0 Å². The van der Waals surface area contributed by atoms with Crippen LogP contribution in [-0.2, 0) is 11.2 Å². The number of carbonyl (C=O) groups is 1. The van der Waals surface area contributed by atoms with E-state index in [4.69, 9.17) is 11.6 Å². The number of aliphatic hydroxyl groups is 1. The monoisotopic (exact) mass is 324 g/mol. The smallest absolute Gasteiger partial charge is 0.234 e. The molecule has 1 heterocycles. The molecule has 0 spiro atoms. The van der Waals surface area contributed by atoms with Crippen molar-refractivity contribution in [2.45, 2.75) is 26.2 Å². The van der Waals surface area contributed by atoms with Crippen molar-refractivity contribution < 1.29 is 9.90 Å². The summed E-state index contributed by atoms with van der Waals surface area (Å²) in [6.07, 6.45) is 2.87. The van der Waals surface area contributed by atoms with Gasteiger partial charge in [0.1, 0.15) is 0 Å². The average molecular weight is 325 g/mol. The van der Waals surface area contributed by atoms with E-state index in [1.807, 2.05) is 24.3 Å². The van der Waals surface area contributed by atoms with Crippen LogP contribution < -0.4 is 5.32 Å². The minimum Gasteiger partial charge on any atom is -0.396 e. The number of nitrogens with one attached hydrogen (secondary N) is 1. The second-order valence-corrected chi connectivity index (χ2v) is 6.95. The van der Waals surface area contributed by atoms with E-state index in [9.17, 15) is 9.90 Å². The first-order chi connectivity index (χ1) is 10.5. The number of hydrogen-bond acceptors (Lipinski definition) is 3. The van der Waals surface area contributed by atoms with E-state index in [0.29, 0.717) is 13.1 Å². The first-order valence-electron chi connectivity index (χ1n) is 7.85. The zero-order chi connectivity index (χ0) is 16.0. The number of rotatable bonds is 6. The molecule has 1 saturated heterocycles. The van der Waals surface area contributed by atoms with Gasteiger partial charge in [0.25, 0.3) is 0 Å². The van der Waals surface area contributed by atoms with Crippen molar-refractivity contribution in [3.8, 4) is 0 Å². The fourth-order valence-electron chi connectivity index (χ4n) is 2.95. The zero-order valence-electron chi connectivity index (χ0n) is 13.1. The highest BCUT2D eigenvalue weighted by Crippen LogP contribution is 2.28. The summed E-state index contributed by atoms with van der Waals surface area (Å²) in [6.45, 7) is 5.02. The number of hydrogen-bond donors (Lipinski definition) is 2. The van der Waals surface area contributed by atoms with Gasteiger partial charge in [-0.3, -0.25) is 9.69 Å². The standard InChI is InChI=1S/C17H25ClN2O2/c1-17(13-21)8-2-10-20(12-17)11-16(22)19-9-7-14-3-5-15(18)6-4-14/h3-6,21H,2,7-13H2,1H3,(H,19,22). The summed E-state index contributed by atoms with van der Waals surface area (Å²) in [7, 11) is 0. The Morgan fingerprint density at radius 3 is 2.82 bits per heavy atom. The normalized spacial score (nSPS) is 22.5. The molecule has 5 heteroatoms. The van der Waals surface area contributed by atoms with Gasteiger partial charge >= 0.3 is 0 Å². The summed E-state index contributed by atoms with van der Waals surface area (Å²) < 4.78 is 0. The molecule has 1 aromatic carbocycles. The fraction of sp³-hybridized carbons (Fsp3) is 0.588. The third kappa shape index (κ3) is 5.27. The predicted octanol–water partition coefficient (Wildman–Crippen LogP) is 2.09. The van der Waals surface area contributed by atoms with Gasteiger partial charge in [0.05, 0.1) is 6.54 Å². The van der Waals surface area contributed by atoms with Gasteiger partial charge in [0, 0.05) is 30.1 Å². The SMILES string of the molecule is CC1(CO)CCCN(CC(=O)NCCc2ccc(Cl)cc2)C1. The lowest BCUT2D eigenvalue weighted by Crippen LogP contribution is -2.47. The van der Waals surface area contributed by atoms with Crippen molar-refractivity contribution in [3.05, 3.63) is 34.9 Å². The third-order valence-electron chi connectivity index (χ3n) is 4.26. The van der Waals surface area contributed by atoms with Crippen molar-refractivity contribution in [1.82, 2.24) is 10.2 Å². The Bertz CT molecular complexity index is 492. The van der Waals surface area contributed by atoms with E-state index in [1.165, 1.54) is 0 Å². The van der Waals surface area contributed by atoms with Crippen molar-refractivity contribution in [2.75, 3.05) is 32.8 Å². The molecule has 0 bridgehead atoms. The Balaban J connectivity index is 1.70. The molecule has 0 saturated carbocycles. The zero-order valence-corrected chi connectivity index (χ0v) is 13.9. The van der Waals surface area contributed by atoms with Crippen LogP contribution in [0.15, 0.2) is 24.3 Å². The summed E-state index contributed by atoms with van der Waals surface area (Å²) in [5.74, 6) is 0.0520. The van der Waals surface area contributed by atoms with Crippen molar-refractivity contribution in [3.63, 3.8) is 0 Å². The highest BCUT2D eigenvalue weighted by atomic mass is 35.5. The lowest BCUT2D eigenvalue weighted by Gasteiger charge is -2.38. The van der Waals surface area contributed by atoms with Gasteiger partial charge in [-0.2, -0.15) is 0 Å². The predicted molar refractivity (Wildman–Crippen MR) is 89.0 cm³/mol. The van der Waals surface area contributed by atoms with Crippen LogP contribution in [0.2, 0.25) is 5.02 Å². The van der Waals surface area contributed by atoms with Crippen molar-refractivity contribution in [1.29, 1.82) is 0 Å². The second-order valence-electron chi connectivity index (χ2n) is 6.51. The molecule has 2 N–H and O–H groups in total. The van der Waals surface area contributed by atoms with Crippen LogP contribution in [-0.4, -0.2) is 48.7 Å². The van der Waals surface area contributed by atoms with Gasteiger partial charge in [-0.15, -0.1) is 0 Å². The van der Waals surface area contributed by atoms with Gasteiger partial charge in [0.2, 0.25) is 5.91 Å². The van der Waals surface area contributed by atoms with Crippen LogP contribution in [0, 0.1) is 5.41 Å². The Labute approximate surface area is 137 Å². The molecule has 1 amide bonds. The molecule has 1 unspecified atom stereocenters. The molecule has 1 fully saturated rings. The average Bonchev–Trinajstić information content (AvgIpc) is 2.49. The van der Waals surface area contributed by atoms with Gasteiger partial charge in [-0.1, -0.05) is 30.7 Å². The van der Waals surface area contributed by atoms with Gasteiger partial charge in [-0.05, 0) is 43.5 Å². The molecular formula is C17H25ClN2O2. The Hall–Kier alpha value is -1.10. The highest BCUT2D eigenvalue weighted by Gasteiger charge is 2.30. The van der Waals surface area contributed by atoms with Crippen LogP contribution in [0.25, 0.3) is 0 Å². The van der Waals surface area contributed by atoms with Crippen molar-refractivity contribution in [2.24, 2.45) is 5.41 Å². The van der Waals surface area contributed by atoms with E-state index in [0.717, 1.165) is 42.9 Å². The Kier molecular flexibility index (Phi) is 6.24. The van der Waals surface area contributed by atoms with E-state index >= 15 is 0 Å². The summed E-state index contributed by atoms with van der Waals surface area (Å²) in [4.78, 5) is 14.2. The molecule has 4 nitrogen and oxygen atoms in total. The molecule has 2 rings (SSSR count). The number of likely N-dealkylation sites (tertiary alicyclic amines) is 1. The summed E-state index contributed by atoms with van der Waals surface area (Å²) in [5.41, 5.74) is 1.09. The number of carbonyl (C=O) groups excluding carboxylic acids is 1. The number of amides is 1. The fourth-order valence-corrected chi connectivity index (χ4v) is 3.07. The topological polar surface area (TPSA) is 52.6 Å². The maximum absolute atomic E-state index is 12.0. The highest BCUT2D eigenvalue weighted by molar-refractivity contribution is 6.30. The lowest BCUT2D eigenvalue weighted by atomic mass is 9.83. The summed E-state index contributed by atoms with van der Waals surface area (Å²) >= 11 is 5.85. The Morgan fingerprint density at radius 2 is 2.14 bits per heavy atom. The van der Waals surface area contributed by atoms with Crippen LogP contribution in [0.4, 0.5) is 0 Å². The largest absolute Gasteiger partial charge is 0.396 e. The lowest BCUT2D eigenvalue weighted by molar-refractivity contribution is -0.123. The first-order valence-corrected chi connectivity index (χ1v) is 8.23. The minimum atomic E-state index is -0.0676.